The molecule has 4 rings (SSSR count). The summed E-state index contributed by atoms with van der Waals surface area (Å²) in [4.78, 5) is 52.6. The maximum absolute atomic E-state index is 13.3. The molecule has 0 fully saturated rings. The first-order chi connectivity index (χ1) is 19.8. The first-order valence-electron chi connectivity index (χ1n) is 13.4. The van der Waals surface area contributed by atoms with Crippen LogP contribution in [0.1, 0.15) is 52.0 Å². The molecular weight excluding hydrogens is 562 g/mol. The van der Waals surface area contributed by atoms with Crippen LogP contribution in [0.25, 0.3) is 11.3 Å². The summed E-state index contributed by atoms with van der Waals surface area (Å²) in [6.07, 6.45) is 1.23. The Bertz CT molecular complexity index is 1580. The molecule has 0 saturated heterocycles. The summed E-state index contributed by atoms with van der Waals surface area (Å²) in [6, 6.07) is 12.2. The number of carbonyl (C=O) groups is 3. The van der Waals surface area contributed by atoms with Gasteiger partial charge in [0, 0.05) is 40.6 Å². The predicted octanol–water partition coefficient (Wildman–Crippen LogP) is 5.08. The molecule has 0 spiro atoms. The zero-order chi connectivity index (χ0) is 30.8. The van der Waals surface area contributed by atoms with E-state index in [-0.39, 0.29) is 12.3 Å². The van der Waals surface area contributed by atoms with Crippen molar-refractivity contribution in [3.05, 3.63) is 81.4 Å². The molecular formula is C30H34ClN5O6. The van der Waals surface area contributed by atoms with Gasteiger partial charge in [0.05, 0.1) is 18.7 Å². The highest BCUT2D eigenvalue weighted by atomic mass is 35.5. The van der Waals surface area contributed by atoms with Gasteiger partial charge in [-0.25, -0.2) is 4.79 Å². The number of aromatic nitrogens is 2. The zero-order valence-corrected chi connectivity index (χ0v) is 24.8. The van der Waals surface area contributed by atoms with Crippen molar-refractivity contribution in [2.75, 3.05) is 18.2 Å². The second-order valence-corrected chi connectivity index (χ2v) is 11.3. The topological polar surface area (TPSA) is 149 Å². The number of nitrogen functional groups attached to an aromatic ring is 1. The third-order valence-electron chi connectivity index (χ3n) is 6.72. The Hall–Kier alpha value is -4.51. The number of benzene rings is 2. The van der Waals surface area contributed by atoms with Crippen LogP contribution in [0.4, 0.5) is 16.2 Å². The third kappa shape index (κ3) is 6.68. The van der Waals surface area contributed by atoms with Crippen LogP contribution in [0, 0.1) is 0 Å². The van der Waals surface area contributed by atoms with Crippen LogP contribution in [-0.4, -0.2) is 51.3 Å². The van der Waals surface area contributed by atoms with Gasteiger partial charge in [0.15, 0.2) is 0 Å². The molecule has 0 aliphatic carbocycles. The van der Waals surface area contributed by atoms with Crippen molar-refractivity contribution in [2.24, 2.45) is 0 Å². The molecule has 0 radical (unpaired) electrons. The number of aromatic amines is 1. The van der Waals surface area contributed by atoms with Gasteiger partial charge in [-0.1, -0.05) is 30.7 Å². The first kappa shape index (κ1) is 30.4. The number of nitrogens with two attached hydrogens (primary N) is 1. The van der Waals surface area contributed by atoms with Crippen molar-refractivity contribution in [2.45, 2.75) is 58.1 Å². The van der Waals surface area contributed by atoms with Gasteiger partial charge in [0.2, 0.25) is 11.8 Å². The Labute approximate surface area is 248 Å². The van der Waals surface area contributed by atoms with E-state index in [0.29, 0.717) is 45.4 Å². The number of anilines is 2. The fourth-order valence-corrected chi connectivity index (χ4v) is 4.94. The van der Waals surface area contributed by atoms with Gasteiger partial charge in [0.25, 0.3) is 5.56 Å². The SMILES string of the molecule is CCC(C(=O)Nc1ccc(-c2cc(=O)[nH]n2C(=O)OC(C)(C)C)cc1)N1C=C(OC)C(c2cc(Cl)ccc2N)CC1=O. The number of nitrogens with zero attached hydrogens (tertiary/aromatic N) is 2. The van der Waals surface area contributed by atoms with E-state index in [1.165, 1.54) is 18.1 Å². The number of amides is 2. The van der Waals surface area contributed by atoms with Gasteiger partial charge in [-0.2, -0.15) is 4.68 Å². The highest BCUT2D eigenvalue weighted by molar-refractivity contribution is 6.30. The summed E-state index contributed by atoms with van der Waals surface area (Å²) in [5.74, 6) is -0.595. The molecule has 42 heavy (non-hydrogen) atoms. The minimum absolute atomic E-state index is 0.0543. The molecule has 2 unspecified atom stereocenters. The molecule has 2 heterocycles. The van der Waals surface area contributed by atoms with Crippen LogP contribution in [0.5, 0.6) is 0 Å². The van der Waals surface area contributed by atoms with Crippen LogP contribution < -0.4 is 16.6 Å². The minimum Gasteiger partial charge on any atom is -0.499 e. The first-order valence-corrected chi connectivity index (χ1v) is 13.8. The van der Waals surface area contributed by atoms with E-state index in [2.05, 4.69) is 10.4 Å². The Morgan fingerprint density at radius 1 is 1.14 bits per heavy atom. The summed E-state index contributed by atoms with van der Waals surface area (Å²) < 4.78 is 12.0. The number of nitrogens with one attached hydrogen (secondary N) is 2. The molecule has 12 heteroatoms. The normalized spacial score (nSPS) is 16.0. The van der Waals surface area contributed by atoms with Crippen LogP contribution in [0.3, 0.4) is 0 Å². The lowest BCUT2D eigenvalue weighted by Gasteiger charge is -2.34. The van der Waals surface area contributed by atoms with Gasteiger partial charge in [-0.15, -0.1) is 0 Å². The van der Waals surface area contributed by atoms with Gasteiger partial charge < -0.3 is 25.4 Å². The number of hydrogen-bond acceptors (Lipinski definition) is 7. The fourth-order valence-electron chi connectivity index (χ4n) is 4.76. The van der Waals surface area contributed by atoms with Crippen molar-refractivity contribution in [1.82, 2.24) is 14.7 Å². The maximum Gasteiger partial charge on any atom is 0.434 e. The number of ether oxygens (including phenoxy) is 2. The summed E-state index contributed by atoms with van der Waals surface area (Å²) in [5, 5.41) is 5.79. The van der Waals surface area contributed by atoms with E-state index in [1.807, 2.05) is 6.92 Å². The van der Waals surface area contributed by atoms with Crippen molar-refractivity contribution in [3.8, 4) is 11.3 Å². The summed E-state index contributed by atoms with van der Waals surface area (Å²) in [6.45, 7) is 6.99. The Balaban J connectivity index is 1.53. The fraction of sp³-hybridized carbons (Fsp3) is 0.333. The van der Waals surface area contributed by atoms with E-state index in [1.54, 1.807) is 69.4 Å². The molecule has 222 valence electrons. The Morgan fingerprint density at radius 3 is 2.45 bits per heavy atom. The smallest absolute Gasteiger partial charge is 0.434 e. The molecule has 11 nitrogen and oxygen atoms in total. The molecule has 1 aromatic heterocycles. The number of allylic oxidation sites excluding steroid dienone is 1. The Kier molecular flexibility index (Phi) is 8.81. The molecule has 2 aromatic carbocycles. The van der Waals surface area contributed by atoms with Crippen LogP contribution in [0.2, 0.25) is 5.02 Å². The lowest BCUT2D eigenvalue weighted by Crippen LogP contribution is -2.46. The molecule has 4 N–H and O–H groups in total. The lowest BCUT2D eigenvalue weighted by atomic mass is 9.89. The van der Waals surface area contributed by atoms with E-state index >= 15 is 0 Å². The van der Waals surface area contributed by atoms with Gasteiger partial charge in [-0.3, -0.25) is 19.5 Å². The number of hydrogen-bond donors (Lipinski definition) is 3. The molecule has 1 aliphatic heterocycles. The lowest BCUT2D eigenvalue weighted by molar-refractivity contribution is -0.137. The quantitative estimate of drug-likeness (QED) is 0.322. The number of halogens is 1. The maximum atomic E-state index is 13.3. The standard InChI is InChI=1S/C30H34ClN5O6/c1-6-23(35-16-25(41-5)21(14-27(35)38)20-13-18(31)9-12-22(20)32)28(39)33-19-10-7-17(8-11-19)24-15-26(37)34-36(24)29(40)42-30(2,3)4/h7-13,15-16,21,23H,6,14,32H2,1-5H3,(H,33,39)(H,34,37). The molecule has 2 amide bonds. The zero-order valence-electron chi connectivity index (χ0n) is 24.1. The number of methoxy groups -OCH3 is 1. The van der Waals surface area contributed by atoms with Crippen molar-refractivity contribution in [1.29, 1.82) is 0 Å². The van der Waals surface area contributed by atoms with E-state index in [4.69, 9.17) is 26.8 Å². The van der Waals surface area contributed by atoms with Crippen molar-refractivity contribution in [3.63, 3.8) is 0 Å². The number of carbonyl (C=O) groups excluding carboxylic acids is 3. The van der Waals surface area contributed by atoms with Gasteiger partial charge in [-0.05, 0) is 63.1 Å². The molecule has 3 aromatic rings. The van der Waals surface area contributed by atoms with E-state index in [0.717, 1.165) is 4.68 Å². The predicted molar refractivity (Wildman–Crippen MR) is 160 cm³/mol. The summed E-state index contributed by atoms with van der Waals surface area (Å²) in [5.41, 5.74) is 7.44. The molecule has 0 bridgehead atoms. The summed E-state index contributed by atoms with van der Waals surface area (Å²) in [7, 11) is 1.50. The van der Waals surface area contributed by atoms with Crippen molar-refractivity contribution < 1.29 is 23.9 Å². The summed E-state index contributed by atoms with van der Waals surface area (Å²) >= 11 is 6.17. The largest absolute Gasteiger partial charge is 0.499 e. The molecule has 0 saturated carbocycles. The second-order valence-electron chi connectivity index (χ2n) is 10.9. The molecule has 1 aliphatic rings. The highest BCUT2D eigenvalue weighted by Gasteiger charge is 2.36. The minimum atomic E-state index is -0.804. The van der Waals surface area contributed by atoms with Gasteiger partial charge in [0.1, 0.15) is 17.4 Å². The highest BCUT2D eigenvalue weighted by Crippen LogP contribution is 2.38. The monoisotopic (exact) mass is 595 g/mol. The van der Waals surface area contributed by atoms with Gasteiger partial charge >= 0.3 is 6.09 Å². The number of rotatable bonds is 7. The van der Waals surface area contributed by atoms with Crippen LogP contribution in [-0.2, 0) is 19.1 Å². The Morgan fingerprint density at radius 2 is 1.83 bits per heavy atom. The van der Waals surface area contributed by atoms with Crippen LogP contribution in [0.15, 0.2) is 65.3 Å². The van der Waals surface area contributed by atoms with Crippen LogP contribution >= 0.6 is 11.6 Å². The second kappa shape index (κ2) is 12.2. The molecule has 2 atom stereocenters. The number of H-pyrrole nitrogens is 1. The average molecular weight is 596 g/mol. The van der Waals surface area contributed by atoms with E-state index < -0.39 is 35.1 Å². The van der Waals surface area contributed by atoms with E-state index in [9.17, 15) is 19.2 Å². The van der Waals surface area contributed by atoms with Crippen molar-refractivity contribution >= 4 is 40.9 Å². The average Bonchev–Trinajstić information content (AvgIpc) is 3.32. The third-order valence-corrected chi connectivity index (χ3v) is 6.95.